The normalized spacial score (nSPS) is 23.5. The average molecular weight is 181 g/mol. The summed E-state index contributed by atoms with van der Waals surface area (Å²) >= 11 is 0. The van der Waals surface area contributed by atoms with E-state index in [9.17, 15) is 0 Å². The van der Waals surface area contributed by atoms with Crippen LogP contribution in [-0.4, -0.2) is 30.8 Å². The summed E-state index contributed by atoms with van der Waals surface area (Å²) in [5.74, 6) is 0.894. The van der Waals surface area contributed by atoms with E-state index in [0.717, 1.165) is 31.2 Å². The molecule has 0 aromatic carbocycles. The molecule has 1 fully saturated rings. The molecule has 1 saturated heterocycles. The molecule has 0 spiro atoms. The summed E-state index contributed by atoms with van der Waals surface area (Å²) in [6.07, 6.45) is 0. The Morgan fingerprint density at radius 2 is 2.54 bits per heavy atom. The zero-order chi connectivity index (χ0) is 9.26. The first kappa shape index (κ1) is 8.56. The second-order valence-electron chi connectivity index (χ2n) is 3.61. The summed E-state index contributed by atoms with van der Waals surface area (Å²) in [5.41, 5.74) is 0.946. The molecule has 72 valence electrons. The molecule has 1 atom stereocenters. The van der Waals surface area contributed by atoms with E-state index in [1.807, 2.05) is 13.0 Å². The molecule has 13 heavy (non-hydrogen) atoms. The van der Waals surface area contributed by atoms with Crippen molar-refractivity contribution in [3.8, 4) is 0 Å². The minimum Gasteiger partial charge on any atom is -0.338 e. The SMILES string of the molecule is Cc1cc(N2CCNC(C)C2)on1. The zero-order valence-electron chi connectivity index (χ0n) is 8.08. The lowest BCUT2D eigenvalue weighted by Crippen LogP contribution is -2.49. The Balaban J connectivity index is 2.08. The lowest BCUT2D eigenvalue weighted by atomic mass is 10.2. The van der Waals surface area contributed by atoms with Gasteiger partial charge in [0.05, 0.1) is 5.69 Å². The number of nitrogens with zero attached hydrogens (tertiary/aromatic N) is 2. The average Bonchev–Trinajstić information content (AvgIpc) is 2.52. The van der Waals surface area contributed by atoms with Gasteiger partial charge in [-0.25, -0.2) is 0 Å². The highest BCUT2D eigenvalue weighted by atomic mass is 16.5. The molecule has 1 aromatic heterocycles. The summed E-state index contributed by atoms with van der Waals surface area (Å²) in [7, 11) is 0. The van der Waals surface area contributed by atoms with Crippen LogP contribution in [0, 0.1) is 6.92 Å². The van der Waals surface area contributed by atoms with E-state index in [4.69, 9.17) is 4.52 Å². The first-order valence-corrected chi connectivity index (χ1v) is 4.67. The monoisotopic (exact) mass is 181 g/mol. The van der Waals surface area contributed by atoms with Crippen LogP contribution >= 0.6 is 0 Å². The Kier molecular flexibility index (Phi) is 2.22. The highest BCUT2D eigenvalue weighted by Crippen LogP contribution is 2.16. The van der Waals surface area contributed by atoms with Crippen LogP contribution in [0.1, 0.15) is 12.6 Å². The molecule has 0 saturated carbocycles. The topological polar surface area (TPSA) is 41.3 Å². The Morgan fingerprint density at radius 3 is 3.15 bits per heavy atom. The van der Waals surface area contributed by atoms with Gasteiger partial charge in [-0.2, -0.15) is 0 Å². The van der Waals surface area contributed by atoms with Gasteiger partial charge in [0.2, 0.25) is 5.88 Å². The van der Waals surface area contributed by atoms with Crippen LogP contribution in [0.25, 0.3) is 0 Å². The second-order valence-corrected chi connectivity index (χ2v) is 3.61. The van der Waals surface area contributed by atoms with Crippen molar-refractivity contribution in [2.75, 3.05) is 24.5 Å². The molecule has 0 amide bonds. The molecular formula is C9H15N3O. The van der Waals surface area contributed by atoms with Crippen molar-refractivity contribution in [3.05, 3.63) is 11.8 Å². The van der Waals surface area contributed by atoms with Crippen molar-refractivity contribution in [2.24, 2.45) is 0 Å². The number of aryl methyl sites for hydroxylation is 1. The van der Waals surface area contributed by atoms with Gasteiger partial charge in [-0.1, -0.05) is 5.16 Å². The van der Waals surface area contributed by atoms with E-state index in [1.54, 1.807) is 0 Å². The number of piperazine rings is 1. The van der Waals surface area contributed by atoms with Crippen molar-refractivity contribution in [1.29, 1.82) is 0 Å². The van der Waals surface area contributed by atoms with Crippen LogP contribution in [-0.2, 0) is 0 Å². The van der Waals surface area contributed by atoms with Gasteiger partial charge < -0.3 is 14.7 Å². The van der Waals surface area contributed by atoms with Gasteiger partial charge in [0.25, 0.3) is 0 Å². The molecule has 4 heteroatoms. The van der Waals surface area contributed by atoms with E-state index in [-0.39, 0.29) is 0 Å². The molecule has 4 nitrogen and oxygen atoms in total. The standard InChI is InChI=1S/C9H15N3O/c1-7-5-9(13-11-7)12-4-3-10-8(2)6-12/h5,8,10H,3-4,6H2,1-2H3. The van der Waals surface area contributed by atoms with Crippen molar-refractivity contribution in [3.63, 3.8) is 0 Å². The summed E-state index contributed by atoms with van der Waals surface area (Å²) in [6.45, 7) is 7.13. The van der Waals surface area contributed by atoms with E-state index in [2.05, 4.69) is 22.3 Å². The third-order valence-electron chi connectivity index (χ3n) is 2.30. The largest absolute Gasteiger partial charge is 0.338 e. The van der Waals surface area contributed by atoms with Gasteiger partial charge in [-0.05, 0) is 13.8 Å². The van der Waals surface area contributed by atoms with Crippen molar-refractivity contribution < 1.29 is 4.52 Å². The van der Waals surface area contributed by atoms with Crippen molar-refractivity contribution in [2.45, 2.75) is 19.9 Å². The summed E-state index contributed by atoms with van der Waals surface area (Å²) < 4.78 is 5.20. The van der Waals surface area contributed by atoms with Gasteiger partial charge >= 0.3 is 0 Å². The molecule has 1 N–H and O–H groups in total. The van der Waals surface area contributed by atoms with Gasteiger partial charge in [-0.3, -0.25) is 0 Å². The lowest BCUT2D eigenvalue weighted by Gasteiger charge is -2.30. The van der Waals surface area contributed by atoms with Crippen LogP contribution in [0.4, 0.5) is 5.88 Å². The minimum absolute atomic E-state index is 0.527. The molecule has 1 aliphatic rings. The summed E-state index contributed by atoms with van der Waals surface area (Å²) in [5, 5.41) is 7.26. The predicted octanol–water partition coefficient (Wildman–Crippen LogP) is 0.781. The van der Waals surface area contributed by atoms with Crippen LogP contribution in [0.5, 0.6) is 0 Å². The lowest BCUT2D eigenvalue weighted by molar-refractivity contribution is 0.389. The number of aromatic nitrogens is 1. The van der Waals surface area contributed by atoms with Gasteiger partial charge in [0.15, 0.2) is 0 Å². The number of hydrogen-bond acceptors (Lipinski definition) is 4. The molecule has 0 radical (unpaired) electrons. The fraction of sp³-hybridized carbons (Fsp3) is 0.667. The smallest absolute Gasteiger partial charge is 0.227 e. The van der Waals surface area contributed by atoms with E-state index >= 15 is 0 Å². The Labute approximate surface area is 77.9 Å². The maximum absolute atomic E-state index is 5.20. The summed E-state index contributed by atoms with van der Waals surface area (Å²) in [6, 6.07) is 2.51. The minimum atomic E-state index is 0.527. The molecule has 1 unspecified atom stereocenters. The molecule has 2 rings (SSSR count). The fourth-order valence-corrected chi connectivity index (χ4v) is 1.63. The number of hydrogen-bond donors (Lipinski definition) is 1. The molecule has 1 aliphatic heterocycles. The van der Waals surface area contributed by atoms with Crippen LogP contribution in [0.2, 0.25) is 0 Å². The highest BCUT2D eigenvalue weighted by Gasteiger charge is 2.18. The van der Waals surface area contributed by atoms with Crippen LogP contribution in [0.3, 0.4) is 0 Å². The number of rotatable bonds is 1. The third kappa shape index (κ3) is 1.83. The number of nitrogens with one attached hydrogen (secondary N) is 1. The predicted molar refractivity (Wildman–Crippen MR) is 50.9 cm³/mol. The van der Waals surface area contributed by atoms with Gasteiger partial charge in [0.1, 0.15) is 0 Å². The Hall–Kier alpha value is -1.03. The quantitative estimate of drug-likeness (QED) is 0.695. The van der Waals surface area contributed by atoms with Crippen molar-refractivity contribution in [1.82, 2.24) is 10.5 Å². The number of anilines is 1. The van der Waals surface area contributed by atoms with E-state index in [0.29, 0.717) is 6.04 Å². The first-order chi connectivity index (χ1) is 6.25. The van der Waals surface area contributed by atoms with Gasteiger partial charge in [-0.15, -0.1) is 0 Å². The Morgan fingerprint density at radius 1 is 1.69 bits per heavy atom. The van der Waals surface area contributed by atoms with Gasteiger partial charge in [0, 0.05) is 31.7 Å². The Bertz CT molecular complexity index is 284. The second kappa shape index (κ2) is 3.38. The molecule has 1 aromatic rings. The molecule has 0 aliphatic carbocycles. The van der Waals surface area contributed by atoms with E-state index in [1.165, 1.54) is 0 Å². The maximum atomic E-state index is 5.20. The molecule has 0 bridgehead atoms. The van der Waals surface area contributed by atoms with Crippen LogP contribution in [0.15, 0.2) is 10.6 Å². The first-order valence-electron chi connectivity index (χ1n) is 4.67. The van der Waals surface area contributed by atoms with E-state index < -0.39 is 0 Å². The maximum Gasteiger partial charge on any atom is 0.227 e. The molecule has 2 heterocycles. The highest BCUT2D eigenvalue weighted by molar-refractivity contribution is 5.36. The third-order valence-corrected chi connectivity index (χ3v) is 2.30. The molecular weight excluding hydrogens is 166 g/mol. The van der Waals surface area contributed by atoms with Crippen LogP contribution < -0.4 is 10.2 Å². The summed E-state index contributed by atoms with van der Waals surface area (Å²) in [4.78, 5) is 2.22. The van der Waals surface area contributed by atoms with Crippen molar-refractivity contribution >= 4 is 5.88 Å². The zero-order valence-corrected chi connectivity index (χ0v) is 8.08. The fourth-order valence-electron chi connectivity index (χ4n) is 1.63.